The van der Waals surface area contributed by atoms with E-state index in [1.54, 1.807) is 12.4 Å². The normalized spacial score (nSPS) is 10.5. The van der Waals surface area contributed by atoms with Gasteiger partial charge in [-0.05, 0) is 6.07 Å². The third kappa shape index (κ3) is 3.62. The van der Waals surface area contributed by atoms with Crippen LogP contribution in [-0.2, 0) is 0 Å². The zero-order valence-electron chi connectivity index (χ0n) is 8.06. The van der Waals surface area contributed by atoms with E-state index in [0.29, 0.717) is 5.02 Å². The van der Waals surface area contributed by atoms with Crippen LogP contribution in [0, 0.1) is 11.5 Å². The quantitative estimate of drug-likeness (QED) is 0.473. The zero-order valence-corrected chi connectivity index (χ0v) is 9.81. The Kier molecular flexibility index (Phi) is 3.13. The van der Waals surface area contributed by atoms with Gasteiger partial charge in [-0.1, -0.05) is 37.2 Å². The van der Waals surface area contributed by atoms with Crippen molar-refractivity contribution in [2.24, 2.45) is 0 Å². The summed E-state index contributed by atoms with van der Waals surface area (Å²) in [5, 5.41) is 0.633. The minimum Gasteiger partial charge on any atom is -0.263 e. The number of rotatable bonds is 0. The molecular formula is C10H12ClNSi. The molecule has 68 valence electrons. The van der Waals surface area contributed by atoms with Crippen molar-refractivity contribution < 1.29 is 0 Å². The van der Waals surface area contributed by atoms with E-state index in [-0.39, 0.29) is 0 Å². The standard InChI is InChI=1S/C10H12ClNSi/c1-13(2,3)7-5-9-4-6-12-8-10(9)11/h4,6,8H,1-3H3. The van der Waals surface area contributed by atoms with Crippen molar-refractivity contribution in [3.05, 3.63) is 29.0 Å². The Labute approximate surface area is 85.2 Å². The first-order chi connectivity index (χ1) is 5.99. The van der Waals surface area contributed by atoms with Crippen LogP contribution >= 0.6 is 11.6 Å². The fraction of sp³-hybridized carbons (Fsp3) is 0.300. The van der Waals surface area contributed by atoms with Crippen LogP contribution in [0.15, 0.2) is 18.5 Å². The third-order valence-electron chi connectivity index (χ3n) is 1.34. The first-order valence-corrected chi connectivity index (χ1v) is 7.99. The largest absolute Gasteiger partial charge is 0.263 e. The average molecular weight is 210 g/mol. The smallest absolute Gasteiger partial charge is 0.129 e. The summed E-state index contributed by atoms with van der Waals surface area (Å²) in [6.45, 7) is 6.61. The van der Waals surface area contributed by atoms with Gasteiger partial charge in [-0.15, -0.1) is 5.54 Å². The highest BCUT2D eigenvalue weighted by atomic mass is 35.5. The molecule has 1 heterocycles. The van der Waals surface area contributed by atoms with Gasteiger partial charge in [0.2, 0.25) is 0 Å². The molecule has 0 atom stereocenters. The van der Waals surface area contributed by atoms with E-state index in [2.05, 4.69) is 36.1 Å². The molecule has 0 fully saturated rings. The summed E-state index contributed by atoms with van der Waals surface area (Å²) in [5.74, 6) is 3.09. The van der Waals surface area contributed by atoms with Crippen molar-refractivity contribution in [1.29, 1.82) is 0 Å². The van der Waals surface area contributed by atoms with Crippen molar-refractivity contribution in [3.8, 4) is 11.5 Å². The minimum absolute atomic E-state index is 0.633. The van der Waals surface area contributed by atoms with E-state index >= 15 is 0 Å². The molecule has 0 radical (unpaired) electrons. The molecule has 1 aromatic rings. The van der Waals surface area contributed by atoms with Crippen molar-refractivity contribution in [3.63, 3.8) is 0 Å². The highest BCUT2D eigenvalue weighted by molar-refractivity contribution is 6.83. The molecule has 0 spiro atoms. The highest BCUT2D eigenvalue weighted by Crippen LogP contribution is 2.11. The molecule has 0 aliphatic rings. The molecule has 0 aliphatic carbocycles. The van der Waals surface area contributed by atoms with Gasteiger partial charge in [0.1, 0.15) is 8.07 Å². The summed E-state index contributed by atoms with van der Waals surface area (Å²) >= 11 is 5.90. The van der Waals surface area contributed by atoms with E-state index < -0.39 is 8.07 Å². The van der Waals surface area contributed by atoms with Gasteiger partial charge in [0, 0.05) is 18.0 Å². The monoisotopic (exact) mass is 209 g/mol. The molecule has 13 heavy (non-hydrogen) atoms. The van der Waals surface area contributed by atoms with Gasteiger partial charge in [-0.2, -0.15) is 0 Å². The molecule has 1 aromatic heterocycles. The Hall–Kier alpha value is -0.783. The second-order valence-corrected chi connectivity index (χ2v) is 9.01. The Balaban J connectivity index is 2.97. The fourth-order valence-electron chi connectivity index (χ4n) is 0.731. The Bertz CT molecular complexity index is 357. The van der Waals surface area contributed by atoms with Crippen LogP contribution in [0.5, 0.6) is 0 Å². The molecule has 1 nitrogen and oxygen atoms in total. The molecule has 0 unspecified atom stereocenters. The maximum atomic E-state index is 5.90. The second-order valence-electron chi connectivity index (χ2n) is 3.86. The number of hydrogen-bond donors (Lipinski definition) is 0. The number of nitrogens with zero attached hydrogens (tertiary/aromatic N) is 1. The SMILES string of the molecule is C[Si](C)(C)C#Cc1ccncc1Cl. The van der Waals surface area contributed by atoms with E-state index in [1.807, 2.05) is 6.07 Å². The Morgan fingerprint density at radius 3 is 2.62 bits per heavy atom. The number of halogens is 1. The average Bonchev–Trinajstić information content (AvgIpc) is 2.01. The van der Waals surface area contributed by atoms with Crippen molar-refractivity contribution in [1.82, 2.24) is 4.98 Å². The molecule has 0 amide bonds. The Morgan fingerprint density at radius 1 is 1.38 bits per heavy atom. The highest BCUT2D eigenvalue weighted by Gasteiger charge is 2.07. The van der Waals surface area contributed by atoms with Gasteiger partial charge in [0.25, 0.3) is 0 Å². The maximum Gasteiger partial charge on any atom is 0.129 e. The van der Waals surface area contributed by atoms with E-state index in [0.717, 1.165) is 5.56 Å². The predicted molar refractivity (Wildman–Crippen MR) is 59.5 cm³/mol. The first kappa shape index (κ1) is 10.3. The predicted octanol–water partition coefficient (Wildman–Crippen LogP) is 2.96. The lowest BCUT2D eigenvalue weighted by Gasteiger charge is -2.03. The van der Waals surface area contributed by atoms with Crippen LogP contribution in [-0.4, -0.2) is 13.1 Å². The van der Waals surface area contributed by atoms with Crippen molar-refractivity contribution >= 4 is 19.7 Å². The van der Waals surface area contributed by atoms with E-state index in [1.165, 1.54) is 0 Å². The summed E-state index contributed by atoms with van der Waals surface area (Å²) < 4.78 is 0. The number of hydrogen-bond acceptors (Lipinski definition) is 1. The minimum atomic E-state index is -1.30. The van der Waals surface area contributed by atoms with Gasteiger partial charge in [-0.3, -0.25) is 4.98 Å². The van der Waals surface area contributed by atoms with Crippen LogP contribution in [0.1, 0.15) is 5.56 Å². The lowest BCUT2D eigenvalue weighted by atomic mass is 10.3. The van der Waals surface area contributed by atoms with Crippen LogP contribution in [0.25, 0.3) is 0 Å². The van der Waals surface area contributed by atoms with Gasteiger partial charge in [-0.25, -0.2) is 0 Å². The van der Waals surface area contributed by atoms with Crippen LogP contribution in [0.2, 0.25) is 24.7 Å². The van der Waals surface area contributed by atoms with Crippen LogP contribution in [0.4, 0.5) is 0 Å². The summed E-state index contributed by atoms with van der Waals surface area (Å²) in [5.41, 5.74) is 4.13. The zero-order chi connectivity index (χ0) is 9.90. The molecule has 0 N–H and O–H groups in total. The number of pyridine rings is 1. The topological polar surface area (TPSA) is 12.9 Å². The van der Waals surface area contributed by atoms with Gasteiger partial charge in [0.15, 0.2) is 0 Å². The van der Waals surface area contributed by atoms with Gasteiger partial charge < -0.3 is 0 Å². The van der Waals surface area contributed by atoms with Crippen LogP contribution in [0.3, 0.4) is 0 Å². The lowest BCUT2D eigenvalue weighted by molar-refractivity contribution is 1.32. The van der Waals surface area contributed by atoms with Gasteiger partial charge in [0.05, 0.1) is 5.02 Å². The molecule has 3 heteroatoms. The second kappa shape index (κ2) is 3.95. The lowest BCUT2D eigenvalue weighted by Crippen LogP contribution is -2.16. The summed E-state index contributed by atoms with van der Waals surface area (Å²) in [6.07, 6.45) is 3.33. The van der Waals surface area contributed by atoms with E-state index in [4.69, 9.17) is 11.6 Å². The first-order valence-electron chi connectivity index (χ1n) is 4.12. The van der Waals surface area contributed by atoms with Crippen molar-refractivity contribution in [2.75, 3.05) is 0 Å². The molecule has 0 saturated carbocycles. The molecule has 0 bridgehead atoms. The summed E-state index contributed by atoms with van der Waals surface area (Å²) in [6, 6.07) is 1.84. The molecule has 0 aromatic carbocycles. The van der Waals surface area contributed by atoms with Crippen molar-refractivity contribution in [2.45, 2.75) is 19.6 Å². The maximum absolute atomic E-state index is 5.90. The van der Waals surface area contributed by atoms with E-state index in [9.17, 15) is 0 Å². The molecule has 0 aliphatic heterocycles. The fourth-order valence-corrected chi connectivity index (χ4v) is 1.41. The Morgan fingerprint density at radius 2 is 2.08 bits per heavy atom. The summed E-state index contributed by atoms with van der Waals surface area (Å²) in [4.78, 5) is 3.90. The number of aromatic nitrogens is 1. The molecule has 1 rings (SSSR count). The summed E-state index contributed by atoms with van der Waals surface area (Å²) in [7, 11) is -1.30. The molecular weight excluding hydrogens is 198 g/mol. The van der Waals surface area contributed by atoms with Gasteiger partial charge >= 0.3 is 0 Å². The van der Waals surface area contributed by atoms with Crippen LogP contribution < -0.4 is 0 Å². The third-order valence-corrected chi connectivity index (χ3v) is 2.52. The molecule has 0 saturated heterocycles.